The number of alkyl halides is 3. The number of ether oxygens (including phenoxy) is 1. The van der Waals surface area contributed by atoms with Gasteiger partial charge in [-0.25, -0.2) is 0 Å². The van der Waals surface area contributed by atoms with Crippen molar-refractivity contribution in [2.24, 2.45) is 28.6 Å². The molecule has 3 saturated carbocycles. The van der Waals surface area contributed by atoms with Gasteiger partial charge in [0.2, 0.25) is 5.91 Å². The summed E-state index contributed by atoms with van der Waals surface area (Å²) in [6.45, 7) is 7.21. The first kappa shape index (κ1) is 24.6. The van der Waals surface area contributed by atoms with Crippen molar-refractivity contribution in [2.45, 2.75) is 97.3 Å². The van der Waals surface area contributed by atoms with Crippen LogP contribution in [-0.2, 0) is 15.7 Å². The Balaban J connectivity index is 1.42. The van der Waals surface area contributed by atoms with Crippen molar-refractivity contribution in [1.82, 2.24) is 9.78 Å². The molecular formula is C27H35F3N2O3. The molecule has 0 spiro atoms. The minimum atomic E-state index is -4.61. The lowest BCUT2D eigenvalue weighted by molar-refractivity contribution is -0.148. The van der Waals surface area contributed by atoms with Gasteiger partial charge in [0.05, 0.1) is 5.69 Å². The number of nitrogens with zero attached hydrogens (tertiary/aromatic N) is 2. The molecule has 0 aromatic carbocycles. The molecule has 4 aliphatic carbocycles. The Bertz CT molecular complexity index is 1080. The topological polar surface area (TPSA) is 61.2 Å². The molecule has 8 heteroatoms. The van der Waals surface area contributed by atoms with Crippen molar-refractivity contribution < 1.29 is 27.5 Å². The number of carbonyl (C=O) groups is 2. The average Bonchev–Trinajstić information content (AvgIpc) is 3.35. The van der Waals surface area contributed by atoms with Crippen molar-refractivity contribution in [3.05, 3.63) is 29.1 Å². The van der Waals surface area contributed by atoms with Crippen LogP contribution in [0.15, 0.2) is 17.7 Å². The lowest BCUT2D eigenvalue weighted by atomic mass is 9.47. The SMILES string of the molecule is CC(=O)O[C@@H]1CC[C@@]2(C)C(=CC[C@H]3[C@@H]4CC[C@@H](c5cc(C(F)(F)F)n(C(C)=O)n5)[C@@]4(C)CC[C@@H]32)C1. The zero-order valence-electron chi connectivity index (χ0n) is 21.0. The van der Waals surface area contributed by atoms with E-state index in [2.05, 4.69) is 25.0 Å². The van der Waals surface area contributed by atoms with Gasteiger partial charge in [-0.15, -0.1) is 0 Å². The van der Waals surface area contributed by atoms with Crippen molar-refractivity contribution in [3.8, 4) is 0 Å². The van der Waals surface area contributed by atoms with Crippen LogP contribution in [0.3, 0.4) is 0 Å². The number of hydrogen-bond donors (Lipinski definition) is 0. The maximum atomic E-state index is 13.6. The minimum Gasteiger partial charge on any atom is -0.462 e. The number of hydrogen-bond acceptors (Lipinski definition) is 4. The monoisotopic (exact) mass is 492 g/mol. The molecule has 0 N–H and O–H groups in total. The summed E-state index contributed by atoms with van der Waals surface area (Å²) < 4.78 is 46.9. The van der Waals surface area contributed by atoms with Crippen LogP contribution in [0.2, 0.25) is 0 Å². The van der Waals surface area contributed by atoms with Crippen LogP contribution in [0.1, 0.15) is 101 Å². The molecule has 1 heterocycles. The second-order valence-electron chi connectivity index (χ2n) is 11.8. The molecule has 1 aromatic heterocycles. The zero-order chi connectivity index (χ0) is 25.3. The lowest BCUT2D eigenvalue weighted by Crippen LogP contribution is -2.50. The van der Waals surface area contributed by atoms with Crippen LogP contribution in [0.25, 0.3) is 0 Å². The van der Waals surface area contributed by atoms with Gasteiger partial charge in [0.15, 0.2) is 5.69 Å². The molecule has 7 atom stereocenters. The summed E-state index contributed by atoms with van der Waals surface area (Å²) in [6, 6.07) is 1.11. The van der Waals surface area contributed by atoms with Gasteiger partial charge < -0.3 is 4.74 Å². The van der Waals surface area contributed by atoms with Gasteiger partial charge in [-0.3, -0.25) is 9.59 Å². The van der Waals surface area contributed by atoms with E-state index in [1.165, 1.54) is 12.5 Å². The Morgan fingerprint density at radius 3 is 2.46 bits per heavy atom. The fourth-order valence-electron chi connectivity index (χ4n) is 8.46. The van der Waals surface area contributed by atoms with Gasteiger partial charge in [0.1, 0.15) is 6.10 Å². The average molecular weight is 493 g/mol. The Morgan fingerprint density at radius 2 is 1.83 bits per heavy atom. The molecule has 0 unspecified atom stereocenters. The zero-order valence-corrected chi connectivity index (χ0v) is 21.0. The molecule has 0 saturated heterocycles. The van der Waals surface area contributed by atoms with Gasteiger partial charge in [-0.05, 0) is 79.6 Å². The third-order valence-corrected chi connectivity index (χ3v) is 10.1. The standard InChI is InChI=1S/C27H35F3N2O3/c1-15(33)32-24(27(28,29)30)14-23(31-32)22-8-7-20-19-6-5-17-13-18(35-16(2)34)9-11-25(17,3)21(19)10-12-26(20,22)4/h5,14,18-22H,6-13H2,1-4H3/t18-,19+,20+,21+,22+,25+,26+/m1/s1. The molecule has 0 bridgehead atoms. The maximum Gasteiger partial charge on any atom is 0.433 e. The molecule has 3 fully saturated rings. The van der Waals surface area contributed by atoms with Crippen molar-refractivity contribution in [2.75, 3.05) is 0 Å². The van der Waals surface area contributed by atoms with Crippen LogP contribution in [0, 0.1) is 28.6 Å². The van der Waals surface area contributed by atoms with E-state index >= 15 is 0 Å². The number of aromatic nitrogens is 2. The Labute approximate surface area is 204 Å². The van der Waals surface area contributed by atoms with Crippen molar-refractivity contribution in [1.29, 1.82) is 0 Å². The normalized spacial score (nSPS) is 38.7. The minimum absolute atomic E-state index is 0.0349. The molecule has 0 amide bonds. The molecule has 0 aliphatic heterocycles. The summed E-state index contributed by atoms with van der Waals surface area (Å²) in [5, 5.41) is 4.20. The molecule has 1 aromatic rings. The molecule has 4 aliphatic rings. The van der Waals surface area contributed by atoms with Gasteiger partial charge in [-0.2, -0.15) is 23.0 Å². The summed E-state index contributed by atoms with van der Waals surface area (Å²) >= 11 is 0. The molecule has 192 valence electrons. The predicted molar refractivity (Wildman–Crippen MR) is 124 cm³/mol. The highest BCUT2D eigenvalue weighted by Crippen LogP contribution is 2.68. The second-order valence-corrected chi connectivity index (χ2v) is 11.8. The number of esters is 1. The molecule has 0 radical (unpaired) electrons. The summed E-state index contributed by atoms with van der Waals surface area (Å²) in [4.78, 5) is 23.4. The number of carbonyl (C=O) groups excluding carboxylic acids is 2. The number of allylic oxidation sites excluding steroid dienone is 1. The third-order valence-electron chi connectivity index (χ3n) is 10.1. The maximum absolute atomic E-state index is 13.6. The number of rotatable bonds is 2. The number of fused-ring (bicyclic) bond motifs is 5. The van der Waals surface area contributed by atoms with Gasteiger partial charge >= 0.3 is 12.1 Å². The largest absolute Gasteiger partial charge is 0.462 e. The summed E-state index contributed by atoms with van der Waals surface area (Å²) in [5.41, 5.74) is 0.832. The summed E-state index contributed by atoms with van der Waals surface area (Å²) in [7, 11) is 0. The van der Waals surface area contributed by atoms with E-state index in [1.807, 2.05) is 0 Å². The van der Waals surface area contributed by atoms with E-state index in [9.17, 15) is 22.8 Å². The van der Waals surface area contributed by atoms with Crippen LogP contribution >= 0.6 is 0 Å². The van der Waals surface area contributed by atoms with E-state index in [0.717, 1.165) is 64.4 Å². The lowest BCUT2D eigenvalue weighted by Gasteiger charge is -2.58. The van der Waals surface area contributed by atoms with Crippen molar-refractivity contribution in [3.63, 3.8) is 0 Å². The first-order valence-electron chi connectivity index (χ1n) is 12.9. The Kier molecular flexibility index (Phi) is 5.76. The van der Waals surface area contributed by atoms with Gasteiger partial charge in [0, 0.05) is 26.2 Å². The fraction of sp³-hybridized carbons (Fsp3) is 0.741. The summed E-state index contributed by atoms with van der Waals surface area (Å²) in [6.07, 6.45) is 5.18. The highest BCUT2D eigenvalue weighted by Gasteiger charge is 2.59. The van der Waals surface area contributed by atoms with Crippen molar-refractivity contribution >= 4 is 11.9 Å². The third kappa shape index (κ3) is 3.86. The van der Waals surface area contributed by atoms with Gasteiger partial charge in [-0.1, -0.05) is 25.5 Å². The van der Waals surface area contributed by atoms with Gasteiger partial charge in [0.25, 0.3) is 0 Å². The van der Waals surface area contributed by atoms with E-state index < -0.39 is 17.8 Å². The fourth-order valence-corrected chi connectivity index (χ4v) is 8.46. The highest BCUT2D eigenvalue weighted by atomic mass is 19.4. The van der Waals surface area contributed by atoms with E-state index in [1.54, 1.807) is 0 Å². The summed E-state index contributed by atoms with van der Waals surface area (Å²) in [5.74, 6) is 0.443. The Morgan fingerprint density at radius 1 is 1.09 bits per heavy atom. The Hall–Kier alpha value is -2.12. The van der Waals surface area contributed by atoms with Crippen LogP contribution < -0.4 is 0 Å². The molecule has 5 nitrogen and oxygen atoms in total. The molecule has 5 rings (SSSR count). The van der Waals surface area contributed by atoms with E-state index in [-0.39, 0.29) is 28.8 Å². The molecular weight excluding hydrogens is 457 g/mol. The first-order valence-corrected chi connectivity index (χ1v) is 12.9. The quantitative estimate of drug-likeness (QED) is 0.347. The highest BCUT2D eigenvalue weighted by molar-refractivity contribution is 5.76. The number of halogens is 3. The predicted octanol–water partition coefficient (Wildman–Crippen LogP) is 6.54. The van der Waals surface area contributed by atoms with Crippen LogP contribution in [0.5, 0.6) is 0 Å². The smallest absolute Gasteiger partial charge is 0.433 e. The van der Waals surface area contributed by atoms with Crippen LogP contribution in [0.4, 0.5) is 13.2 Å². The second kappa shape index (κ2) is 8.20. The molecule has 35 heavy (non-hydrogen) atoms. The first-order chi connectivity index (χ1) is 16.3. The van der Waals surface area contributed by atoms with E-state index in [4.69, 9.17) is 4.74 Å². The van der Waals surface area contributed by atoms with E-state index in [0.29, 0.717) is 28.1 Å². The van der Waals surface area contributed by atoms with Crippen LogP contribution in [-0.4, -0.2) is 27.8 Å².